The van der Waals surface area contributed by atoms with Crippen molar-refractivity contribution >= 4 is 0 Å². The van der Waals surface area contributed by atoms with Crippen LogP contribution in [-0.2, 0) is 9.47 Å². The van der Waals surface area contributed by atoms with Crippen LogP contribution in [0.5, 0.6) is 0 Å². The molecule has 0 aromatic carbocycles. The molecular weight excluding hydrogens is 178 g/mol. The summed E-state index contributed by atoms with van der Waals surface area (Å²) in [5.41, 5.74) is 6.10. The lowest BCUT2D eigenvalue weighted by Crippen LogP contribution is -2.32. The van der Waals surface area contributed by atoms with E-state index in [1.165, 1.54) is 25.7 Å². The van der Waals surface area contributed by atoms with Crippen molar-refractivity contribution in [2.24, 2.45) is 11.1 Å². The average molecular weight is 199 g/mol. The van der Waals surface area contributed by atoms with Crippen LogP contribution in [0.15, 0.2) is 0 Å². The quantitative estimate of drug-likeness (QED) is 0.742. The molecule has 82 valence electrons. The Morgan fingerprint density at radius 2 is 2.29 bits per heavy atom. The van der Waals surface area contributed by atoms with Gasteiger partial charge in [0.1, 0.15) is 0 Å². The van der Waals surface area contributed by atoms with Crippen molar-refractivity contribution in [2.45, 2.75) is 38.2 Å². The van der Waals surface area contributed by atoms with Crippen molar-refractivity contribution < 1.29 is 9.47 Å². The van der Waals surface area contributed by atoms with Gasteiger partial charge in [-0.3, -0.25) is 0 Å². The summed E-state index contributed by atoms with van der Waals surface area (Å²) in [6.07, 6.45) is 6.45. The molecule has 0 aliphatic carbocycles. The van der Waals surface area contributed by atoms with Gasteiger partial charge >= 0.3 is 0 Å². The molecule has 0 spiro atoms. The van der Waals surface area contributed by atoms with E-state index in [2.05, 4.69) is 0 Å². The first-order valence-electron chi connectivity index (χ1n) is 5.74. The summed E-state index contributed by atoms with van der Waals surface area (Å²) < 4.78 is 11.1. The zero-order chi connectivity index (χ0) is 9.86. The lowest BCUT2D eigenvalue weighted by molar-refractivity contribution is 0.0828. The van der Waals surface area contributed by atoms with Gasteiger partial charge in [0.25, 0.3) is 0 Å². The monoisotopic (exact) mass is 199 g/mol. The molecule has 2 unspecified atom stereocenters. The SMILES string of the molecule is NCC1(CCC2CCCO2)CCOC1. The summed E-state index contributed by atoms with van der Waals surface area (Å²) in [4.78, 5) is 0. The first kappa shape index (κ1) is 10.4. The van der Waals surface area contributed by atoms with Crippen LogP contribution in [-0.4, -0.2) is 32.5 Å². The van der Waals surface area contributed by atoms with Crippen molar-refractivity contribution in [1.82, 2.24) is 0 Å². The third-order valence-electron chi connectivity index (χ3n) is 3.64. The van der Waals surface area contributed by atoms with Crippen LogP contribution in [0, 0.1) is 5.41 Å². The molecule has 3 nitrogen and oxygen atoms in total. The maximum absolute atomic E-state index is 5.83. The van der Waals surface area contributed by atoms with E-state index < -0.39 is 0 Å². The smallest absolute Gasteiger partial charge is 0.0576 e. The fourth-order valence-electron chi connectivity index (χ4n) is 2.45. The second-order valence-corrected chi connectivity index (χ2v) is 4.68. The fraction of sp³-hybridized carbons (Fsp3) is 1.00. The van der Waals surface area contributed by atoms with E-state index in [9.17, 15) is 0 Å². The molecule has 2 atom stereocenters. The zero-order valence-corrected chi connectivity index (χ0v) is 8.84. The second-order valence-electron chi connectivity index (χ2n) is 4.68. The molecule has 0 aromatic heterocycles. The minimum atomic E-state index is 0.270. The molecule has 0 saturated carbocycles. The fourth-order valence-corrected chi connectivity index (χ4v) is 2.45. The maximum atomic E-state index is 5.83. The Morgan fingerprint density at radius 3 is 2.86 bits per heavy atom. The van der Waals surface area contributed by atoms with Gasteiger partial charge in [0.15, 0.2) is 0 Å². The minimum Gasteiger partial charge on any atom is -0.381 e. The lowest BCUT2D eigenvalue weighted by atomic mass is 9.81. The normalized spacial score (nSPS) is 37.9. The number of ether oxygens (including phenoxy) is 2. The molecule has 2 N–H and O–H groups in total. The largest absolute Gasteiger partial charge is 0.381 e. The van der Waals surface area contributed by atoms with Crippen molar-refractivity contribution in [1.29, 1.82) is 0 Å². The van der Waals surface area contributed by atoms with Gasteiger partial charge in [-0.25, -0.2) is 0 Å². The van der Waals surface area contributed by atoms with E-state index in [4.69, 9.17) is 15.2 Å². The lowest BCUT2D eigenvalue weighted by Gasteiger charge is -2.26. The molecule has 2 aliphatic heterocycles. The van der Waals surface area contributed by atoms with Crippen LogP contribution in [0.1, 0.15) is 32.1 Å². The molecule has 0 bridgehead atoms. The Morgan fingerprint density at radius 1 is 1.36 bits per heavy atom. The Hall–Kier alpha value is -0.120. The highest BCUT2D eigenvalue weighted by Crippen LogP contribution is 2.34. The van der Waals surface area contributed by atoms with E-state index in [0.717, 1.165) is 32.8 Å². The van der Waals surface area contributed by atoms with Gasteiger partial charge in [-0.1, -0.05) is 0 Å². The summed E-state index contributed by atoms with van der Waals surface area (Å²) in [5, 5.41) is 0. The summed E-state index contributed by atoms with van der Waals surface area (Å²) >= 11 is 0. The second kappa shape index (κ2) is 4.60. The van der Waals surface area contributed by atoms with E-state index in [1.807, 2.05) is 0 Å². The molecule has 0 aromatic rings. The van der Waals surface area contributed by atoms with Gasteiger partial charge < -0.3 is 15.2 Å². The number of nitrogens with two attached hydrogens (primary N) is 1. The van der Waals surface area contributed by atoms with Crippen molar-refractivity contribution in [3.05, 3.63) is 0 Å². The van der Waals surface area contributed by atoms with Crippen LogP contribution in [0.4, 0.5) is 0 Å². The molecule has 0 amide bonds. The molecule has 0 radical (unpaired) electrons. The summed E-state index contributed by atoms with van der Waals surface area (Å²) in [7, 11) is 0. The Kier molecular flexibility index (Phi) is 3.42. The first-order chi connectivity index (χ1) is 6.85. The predicted molar refractivity (Wildman–Crippen MR) is 55.1 cm³/mol. The number of rotatable bonds is 4. The highest BCUT2D eigenvalue weighted by atomic mass is 16.5. The summed E-state index contributed by atoms with van der Waals surface area (Å²) in [6.45, 7) is 3.47. The standard InChI is InChI=1S/C11H21NO2/c12-8-11(5-7-13-9-11)4-3-10-2-1-6-14-10/h10H,1-9,12H2. The molecule has 14 heavy (non-hydrogen) atoms. The van der Waals surface area contributed by atoms with Gasteiger partial charge in [-0.05, 0) is 32.1 Å². The Labute approximate surface area is 85.9 Å². The maximum Gasteiger partial charge on any atom is 0.0576 e. The third-order valence-corrected chi connectivity index (χ3v) is 3.64. The van der Waals surface area contributed by atoms with Crippen LogP contribution in [0.3, 0.4) is 0 Å². The van der Waals surface area contributed by atoms with Gasteiger partial charge in [-0.2, -0.15) is 0 Å². The molecule has 2 heterocycles. The van der Waals surface area contributed by atoms with Crippen molar-refractivity contribution in [3.63, 3.8) is 0 Å². The van der Waals surface area contributed by atoms with E-state index in [1.54, 1.807) is 0 Å². The van der Waals surface area contributed by atoms with E-state index in [0.29, 0.717) is 6.10 Å². The number of hydrogen-bond donors (Lipinski definition) is 1. The van der Waals surface area contributed by atoms with Gasteiger partial charge in [-0.15, -0.1) is 0 Å². The van der Waals surface area contributed by atoms with E-state index >= 15 is 0 Å². The van der Waals surface area contributed by atoms with Crippen molar-refractivity contribution in [2.75, 3.05) is 26.4 Å². The minimum absolute atomic E-state index is 0.270. The Balaban J connectivity index is 1.76. The molecule has 2 fully saturated rings. The van der Waals surface area contributed by atoms with Gasteiger partial charge in [0.2, 0.25) is 0 Å². The van der Waals surface area contributed by atoms with Gasteiger partial charge in [0.05, 0.1) is 12.7 Å². The van der Waals surface area contributed by atoms with Crippen LogP contribution in [0.2, 0.25) is 0 Å². The van der Waals surface area contributed by atoms with Crippen LogP contribution < -0.4 is 5.73 Å². The van der Waals surface area contributed by atoms with Gasteiger partial charge in [0, 0.05) is 25.2 Å². The molecular formula is C11H21NO2. The molecule has 2 saturated heterocycles. The predicted octanol–water partition coefficient (Wildman–Crippen LogP) is 1.31. The highest BCUT2D eigenvalue weighted by Gasteiger charge is 2.34. The average Bonchev–Trinajstić information content (AvgIpc) is 2.87. The van der Waals surface area contributed by atoms with Crippen molar-refractivity contribution in [3.8, 4) is 0 Å². The molecule has 2 rings (SSSR count). The molecule has 3 heteroatoms. The third kappa shape index (κ3) is 2.27. The van der Waals surface area contributed by atoms with Crippen LogP contribution in [0.25, 0.3) is 0 Å². The molecule has 2 aliphatic rings. The zero-order valence-electron chi connectivity index (χ0n) is 8.84. The Bertz CT molecular complexity index is 172. The number of hydrogen-bond acceptors (Lipinski definition) is 3. The first-order valence-corrected chi connectivity index (χ1v) is 5.74. The van der Waals surface area contributed by atoms with E-state index in [-0.39, 0.29) is 5.41 Å². The van der Waals surface area contributed by atoms with Crippen LogP contribution >= 0.6 is 0 Å². The highest BCUT2D eigenvalue weighted by molar-refractivity contribution is 4.85. The summed E-state index contributed by atoms with van der Waals surface area (Å²) in [5.74, 6) is 0. The summed E-state index contributed by atoms with van der Waals surface area (Å²) in [6, 6.07) is 0. The topological polar surface area (TPSA) is 44.5 Å².